The number of anilines is 1. The average molecular weight is 306 g/mol. The number of hydrogen-bond acceptors (Lipinski definition) is 5. The molecule has 0 bridgehead atoms. The maximum atomic E-state index is 11.9. The van der Waals surface area contributed by atoms with E-state index in [4.69, 9.17) is 4.74 Å². The van der Waals surface area contributed by atoms with E-state index in [0.29, 0.717) is 18.2 Å². The van der Waals surface area contributed by atoms with Gasteiger partial charge in [0.05, 0.1) is 20.1 Å². The first-order valence-corrected chi connectivity index (χ1v) is 7.50. The van der Waals surface area contributed by atoms with E-state index in [1.54, 1.807) is 24.3 Å². The predicted molar refractivity (Wildman–Crippen MR) is 82.8 cm³/mol. The molecule has 0 saturated carbocycles. The monoisotopic (exact) mass is 306 g/mol. The zero-order valence-electron chi connectivity index (χ0n) is 12.8. The summed E-state index contributed by atoms with van der Waals surface area (Å²) in [4.78, 5) is 22.9. The number of methoxy groups -OCH3 is 1. The van der Waals surface area contributed by atoms with Crippen molar-refractivity contribution in [2.45, 2.75) is 31.7 Å². The van der Waals surface area contributed by atoms with Crippen LogP contribution in [0.4, 0.5) is 5.69 Å². The number of amides is 1. The van der Waals surface area contributed by atoms with E-state index in [1.807, 2.05) is 0 Å². The molecule has 1 aromatic carbocycles. The van der Waals surface area contributed by atoms with E-state index >= 15 is 0 Å². The number of ether oxygens (including phenoxy) is 2. The number of carbonyl (C=O) groups excluding carboxylic acids is 2. The van der Waals surface area contributed by atoms with Crippen LogP contribution in [0.15, 0.2) is 24.3 Å². The molecule has 6 nitrogen and oxygen atoms in total. The summed E-state index contributed by atoms with van der Waals surface area (Å²) in [5.41, 5.74) is 0.739. The highest BCUT2D eigenvalue weighted by Crippen LogP contribution is 2.17. The van der Waals surface area contributed by atoms with E-state index in [9.17, 15) is 9.59 Å². The molecule has 0 spiro atoms. The fourth-order valence-corrected chi connectivity index (χ4v) is 2.36. The molecule has 1 unspecified atom stereocenters. The first-order chi connectivity index (χ1) is 10.7. The highest BCUT2D eigenvalue weighted by molar-refractivity contribution is 5.91. The van der Waals surface area contributed by atoms with Crippen LogP contribution in [0.2, 0.25) is 0 Å². The van der Waals surface area contributed by atoms with Gasteiger partial charge in [0.1, 0.15) is 5.75 Å². The Morgan fingerprint density at radius 2 is 2.09 bits per heavy atom. The van der Waals surface area contributed by atoms with Crippen LogP contribution in [0.5, 0.6) is 5.75 Å². The second-order valence-electron chi connectivity index (χ2n) is 5.24. The third-order valence-corrected chi connectivity index (χ3v) is 3.53. The number of carbonyl (C=O) groups is 2. The van der Waals surface area contributed by atoms with E-state index in [0.717, 1.165) is 25.1 Å². The molecule has 1 atom stereocenters. The van der Waals surface area contributed by atoms with Gasteiger partial charge in [-0.15, -0.1) is 0 Å². The van der Waals surface area contributed by atoms with Gasteiger partial charge in [-0.2, -0.15) is 0 Å². The third-order valence-electron chi connectivity index (χ3n) is 3.53. The highest BCUT2D eigenvalue weighted by atomic mass is 16.5. The van der Waals surface area contributed by atoms with Crippen molar-refractivity contribution < 1.29 is 19.1 Å². The molecule has 0 aliphatic carbocycles. The Balaban J connectivity index is 1.73. The van der Waals surface area contributed by atoms with Crippen molar-refractivity contribution in [1.29, 1.82) is 0 Å². The lowest BCUT2D eigenvalue weighted by molar-refractivity contribution is -0.141. The molecule has 1 fully saturated rings. The van der Waals surface area contributed by atoms with E-state index in [2.05, 4.69) is 15.4 Å². The molecule has 120 valence electrons. The number of hydrogen-bond donors (Lipinski definition) is 2. The molecule has 1 amide bonds. The first kappa shape index (κ1) is 16.3. The predicted octanol–water partition coefficient (Wildman–Crippen LogP) is 1.71. The smallest absolute Gasteiger partial charge is 0.308 e. The largest absolute Gasteiger partial charge is 0.493 e. The van der Waals surface area contributed by atoms with Gasteiger partial charge in [-0.1, -0.05) is 0 Å². The van der Waals surface area contributed by atoms with Gasteiger partial charge in [0, 0.05) is 18.2 Å². The lowest BCUT2D eigenvalue weighted by atomic mass is 10.1. The van der Waals surface area contributed by atoms with Gasteiger partial charge in [-0.05, 0) is 43.7 Å². The van der Waals surface area contributed by atoms with Gasteiger partial charge in [-0.3, -0.25) is 9.59 Å². The zero-order valence-corrected chi connectivity index (χ0v) is 12.8. The summed E-state index contributed by atoms with van der Waals surface area (Å²) in [6, 6.07) is 7.39. The number of rotatable bonds is 7. The minimum atomic E-state index is -0.301. The van der Waals surface area contributed by atoms with Gasteiger partial charge in [0.25, 0.3) is 0 Å². The topological polar surface area (TPSA) is 76.7 Å². The maximum absolute atomic E-state index is 11.9. The number of nitrogens with one attached hydrogen (secondary N) is 2. The Labute approximate surface area is 130 Å². The summed E-state index contributed by atoms with van der Waals surface area (Å²) in [6.07, 6.45) is 2.90. The van der Waals surface area contributed by atoms with Crippen molar-refractivity contribution in [3.63, 3.8) is 0 Å². The van der Waals surface area contributed by atoms with Crippen molar-refractivity contribution in [3.05, 3.63) is 24.3 Å². The van der Waals surface area contributed by atoms with Gasteiger partial charge >= 0.3 is 5.97 Å². The molecule has 1 aliphatic rings. The molecule has 2 N–H and O–H groups in total. The lowest BCUT2D eigenvalue weighted by Crippen LogP contribution is -2.27. The Hall–Kier alpha value is -2.08. The third kappa shape index (κ3) is 5.37. The molecule has 1 saturated heterocycles. The van der Waals surface area contributed by atoms with E-state index < -0.39 is 0 Å². The molecule has 1 aliphatic heterocycles. The van der Waals surface area contributed by atoms with Crippen LogP contribution in [0.25, 0.3) is 0 Å². The fraction of sp³-hybridized carbons (Fsp3) is 0.500. The van der Waals surface area contributed by atoms with Crippen LogP contribution >= 0.6 is 0 Å². The minimum Gasteiger partial charge on any atom is -0.493 e. The molecular formula is C16H22N2O4. The molecule has 6 heteroatoms. The van der Waals surface area contributed by atoms with Crippen molar-refractivity contribution in [2.24, 2.45) is 0 Å². The highest BCUT2D eigenvalue weighted by Gasteiger charge is 2.17. The van der Waals surface area contributed by atoms with Gasteiger partial charge in [0.15, 0.2) is 0 Å². The molecule has 2 rings (SSSR count). The van der Waals surface area contributed by atoms with Gasteiger partial charge in [-0.25, -0.2) is 0 Å². The summed E-state index contributed by atoms with van der Waals surface area (Å²) in [7, 11) is 1.35. The Kier molecular flexibility index (Phi) is 6.21. The van der Waals surface area contributed by atoms with Crippen LogP contribution in [-0.4, -0.2) is 38.2 Å². The normalized spacial score (nSPS) is 17.0. The van der Waals surface area contributed by atoms with E-state index in [-0.39, 0.29) is 24.9 Å². The molecule has 22 heavy (non-hydrogen) atoms. The van der Waals surface area contributed by atoms with Crippen LogP contribution < -0.4 is 15.4 Å². The average Bonchev–Trinajstić information content (AvgIpc) is 3.01. The number of esters is 1. The van der Waals surface area contributed by atoms with Crippen LogP contribution in [-0.2, 0) is 14.3 Å². The summed E-state index contributed by atoms with van der Waals surface area (Å²) in [5, 5.41) is 6.17. The quantitative estimate of drug-likeness (QED) is 0.750. The molecular weight excluding hydrogens is 284 g/mol. The number of benzene rings is 1. The Morgan fingerprint density at radius 3 is 2.73 bits per heavy atom. The fourth-order valence-electron chi connectivity index (χ4n) is 2.36. The Morgan fingerprint density at radius 1 is 1.32 bits per heavy atom. The van der Waals surface area contributed by atoms with Crippen LogP contribution in [0, 0.1) is 0 Å². The molecule has 0 radical (unpaired) electrons. The summed E-state index contributed by atoms with van der Waals surface area (Å²) in [6.45, 7) is 1.27. The second kappa shape index (κ2) is 8.38. The van der Waals surface area contributed by atoms with Crippen molar-refractivity contribution in [1.82, 2.24) is 5.32 Å². The van der Waals surface area contributed by atoms with E-state index in [1.165, 1.54) is 7.11 Å². The van der Waals surface area contributed by atoms with Crippen molar-refractivity contribution in [3.8, 4) is 5.75 Å². The summed E-state index contributed by atoms with van der Waals surface area (Å²) in [5.74, 6) is 0.363. The summed E-state index contributed by atoms with van der Waals surface area (Å²) >= 11 is 0. The van der Waals surface area contributed by atoms with Gasteiger partial charge in [0.2, 0.25) is 5.91 Å². The van der Waals surface area contributed by atoms with Crippen LogP contribution in [0.3, 0.4) is 0 Å². The van der Waals surface area contributed by atoms with Crippen molar-refractivity contribution in [2.75, 3.05) is 25.6 Å². The maximum Gasteiger partial charge on any atom is 0.308 e. The molecule has 0 aromatic heterocycles. The SMILES string of the molecule is COC(=O)CCOc1ccc(NC(=O)CC2CCCN2)cc1. The minimum absolute atomic E-state index is 0.0127. The molecule has 1 heterocycles. The first-order valence-electron chi connectivity index (χ1n) is 7.50. The van der Waals surface area contributed by atoms with Gasteiger partial charge < -0.3 is 20.1 Å². The molecule has 1 aromatic rings. The van der Waals surface area contributed by atoms with Crippen molar-refractivity contribution >= 4 is 17.6 Å². The second-order valence-corrected chi connectivity index (χ2v) is 5.24. The standard InChI is InChI=1S/C16H22N2O4/c1-21-16(20)8-10-22-14-6-4-12(5-7-14)18-15(19)11-13-3-2-9-17-13/h4-7,13,17H,2-3,8-11H2,1H3,(H,18,19). The lowest BCUT2D eigenvalue weighted by Gasteiger charge is -2.11. The van der Waals surface area contributed by atoms with Crippen LogP contribution in [0.1, 0.15) is 25.7 Å². The zero-order chi connectivity index (χ0) is 15.8. The Bertz CT molecular complexity index is 495. The summed E-state index contributed by atoms with van der Waals surface area (Å²) < 4.78 is 9.96.